The lowest BCUT2D eigenvalue weighted by molar-refractivity contribution is 0.160. The number of methoxy groups -OCH3 is 1. The van der Waals surface area contributed by atoms with E-state index in [9.17, 15) is 0 Å². The first-order valence-electron chi connectivity index (χ1n) is 5.61. The Morgan fingerprint density at radius 2 is 2.44 bits per heavy atom. The molecule has 0 aromatic carbocycles. The van der Waals surface area contributed by atoms with Gasteiger partial charge >= 0.3 is 0 Å². The molecule has 1 aromatic heterocycles. The minimum atomic E-state index is 0.572. The van der Waals surface area contributed by atoms with Crippen molar-refractivity contribution in [2.75, 3.05) is 33.4 Å². The first-order valence-corrected chi connectivity index (χ1v) is 5.99. The molecule has 2 heterocycles. The van der Waals surface area contributed by atoms with Crippen molar-refractivity contribution in [1.82, 2.24) is 9.88 Å². The molecule has 0 radical (unpaired) electrons. The summed E-state index contributed by atoms with van der Waals surface area (Å²) in [6, 6.07) is 2.03. The van der Waals surface area contributed by atoms with Gasteiger partial charge in [-0.3, -0.25) is 4.98 Å². The molecule has 3 nitrogen and oxygen atoms in total. The third-order valence-electron chi connectivity index (χ3n) is 3.08. The summed E-state index contributed by atoms with van der Waals surface area (Å²) in [6.45, 7) is 4.05. The summed E-state index contributed by atoms with van der Waals surface area (Å²) < 4.78 is 5.09. The Balaban J connectivity index is 1.93. The average molecular weight is 241 g/mol. The van der Waals surface area contributed by atoms with Crippen LogP contribution in [0.2, 0.25) is 5.02 Å². The summed E-state index contributed by atoms with van der Waals surface area (Å²) in [5.74, 6) is 0.572. The van der Waals surface area contributed by atoms with E-state index in [1.165, 1.54) is 12.0 Å². The van der Waals surface area contributed by atoms with Gasteiger partial charge in [-0.15, -0.1) is 0 Å². The quantitative estimate of drug-likeness (QED) is 0.807. The Labute approximate surface area is 101 Å². The van der Waals surface area contributed by atoms with Gasteiger partial charge in [0.15, 0.2) is 0 Å². The van der Waals surface area contributed by atoms with Crippen LogP contribution >= 0.6 is 11.6 Å². The van der Waals surface area contributed by atoms with Crippen molar-refractivity contribution in [3.05, 3.63) is 29.0 Å². The standard InChI is InChI=1S/C12H17ClN2O/c1-16-5-4-15-3-2-10(9-15)11-6-12(13)8-14-7-11/h6-8,10H,2-5,9H2,1H3/t10-/m0/s1. The van der Waals surface area contributed by atoms with Gasteiger partial charge in [-0.25, -0.2) is 0 Å². The highest BCUT2D eigenvalue weighted by molar-refractivity contribution is 6.30. The lowest BCUT2D eigenvalue weighted by Crippen LogP contribution is -2.24. The van der Waals surface area contributed by atoms with Crippen molar-refractivity contribution in [2.45, 2.75) is 12.3 Å². The van der Waals surface area contributed by atoms with E-state index in [-0.39, 0.29) is 0 Å². The summed E-state index contributed by atoms with van der Waals surface area (Å²) in [5.41, 5.74) is 1.26. The van der Waals surface area contributed by atoms with Crippen molar-refractivity contribution in [1.29, 1.82) is 0 Å². The van der Waals surface area contributed by atoms with Crippen molar-refractivity contribution < 1.29 is 4.74 Å². The van der Waals surface area contributed by atoms with Crippen LogP contribution in [0, 0.1) is 0 Å². The summed E-state index contributed by atoms with van der Waals surface area (Å²) in [5, 5.41) is 0.729. The SMILES string of the molecule is COCCN1CC[C@H](c2cncc(Cl)c2)C1. The molecule has 2 rings (SSSR count). The maximum Gasteiger partial charge on any atom is 0.0592 e. The Hall–Kier alpha value is -0.640. The highest BCUT2D eigenvalue weighted by atomic mass is 35.5. The highest BCUT2D eigenvalue weighted by Crippen LogP contribution is 2.27. The molecule has 0 N–H and O–H groups in total. The van der Waals surface area contributed by atoms with Crippen LogP contribution in [0.5, 0.6) is 0 Å². The van der Waals surface area contributed by atoms with Gasteiger partial charge in [-0.2, -0.15) is 0 Å². The molecule has 1 aliphatic heterocycles. The van der Waals surface area contributed by atoms with Gasteiger partial charge in [0, 0.05) is 32.6 Å². The van der Waals surface area contributed by atoms with Crippen LogP contribution in [0.1, 0.15) is 17.9 Å². The molecule has 1 atom stereocenters. The van der Waals surface area contributed by atoms with Crippen LogP contribution in [-0.2, 0) is 4.74 Å². The van der Waals surface area contributed by atoms with Gasteiger partial charge in [0.25, 0.3) is 0 Å². The number of ether oxygens (including phenoxy) is 1. The molecule has 88 valence electrons. The van der Waals surface area contributed by atoms with Gasteiger partial charge in [-0.1, -0.05) is 11.6 Å². The molecular formula is C12H17ClN2O. The van der Waals surface area contributed by atoms with Crippen LogP contribution in [0.15, 0.2) is 18.5 Å². The molecule has 4 heteroatoms. The molecule has 1 aliphatic rings. The number of hydrogen-bond donors (Lipinski definition) is 0. The average Bonchev–Trinajstić information content (AvgIpc) is 2.75. The number of nitrogens with zero attached hydrogens (tertiary/aromatic N) is 2. The monoisotopic (exact) mass is 240 g/mol. The second-order valence-corrected chi connectivity index (χ2v) is 4.65. The number of halogens is 1. The Kier molecular flexibility index (Phi) is 4.16. The van der Waals surface area contributed by atoms with Crippen molar-refractivity contribution in [3.8, 4) is 0 Å². The van der Waals surface area contributed by atoms with E-state index in [1.807, 2.05) is 12.3 Å². The van der Waals surface area contributed by atoms with E-state index in [1.54, 1.807) is 13.3 Å². The molecule has 1 saturated heterocycles. The molecule has 0 bridgehead atoms. The second-order valence-electron chi connectivity index (χ2n) is 4.22. The topological polar surface area (TPSA) is 25.4 Å². The maximum absolute atomic E-state index is 5.95. The van der Waals surface area contributed by atoms with Crippen molar-refractivity contribution in [3.63, 3.8) is 0 Å². The fourth-order valence-electron chi connectivity index (χ4n) is 2.18. The smallest absolute Gasteiger partial charge is 0.0592 e. The lowest BCUT2D eigenvalue weighted by atomic mass is 10.0. The molecule has 0 unspecified atom stereocenters. The number of likely N-dealkylation sites (tertiary alicyclic amines) is 1. The first-order chi connectivity index (χ1) is 7.79. The van der Waals surface area contributed by atoms with Gasteiger partial charge in [-0.05, 0) is 30.5 Å². The minimum absolute atomic E-state index is 0.572. The summed E-state index contributed by atoms with van der Waals surface area (Å²) in [4.78, 5) is 6.57. The molecular weight excluding hydrogens is 224 g/mol. The zero-order chi connectivity index (χ0) is 11.4. The normalized spacial score (nSPS) is 21.5. The van der Waals surface area contributed by atoms with Gasteiger partial charge in [0.2, 0.25) is 0 Å². The fourth-order valence-corrected chi connectivity index (χ4v) is 2.36. The Morgan fingerprint density at radius 1 is 1.56 bits per heavy atom. The van der Waals surface area contributed by atoms with Crippen molar-refractivity contribution >= 4 is 11.6 Å². The highest BCUT2D eigenvalue weighted by Gasteiger charge is 2.23. The Morgan fingerprint density at radius 3 is 3.19 bits per heavy atom. The largest absolute Gasteiger partial charge is 0.383 e. The van der Waals surface area contributed by atoms with Crippen LogP contribution in [0.25, 0.3) is 0 Å². The predicted molar refractivity (Wildman–Crippen MR) is 64.9 cm³/mol. The number of pyridine rings is 1. The summed E-state index contributed by atoms with van der Waals surface area (Å²) in [6.07, 6.45) is 4.80. The maximum atomic E-state index is 5.95. The summed E-state index contributed by atoms with van der Waals surface area (Å²) in [7, 11) is 1.74. The fraction of sp³-hybridized carbons (Fsp3) is 0.583. The zero-order valence-electron chi connectivity index (χ0n) is 9.53. The van der Waals surface area contributed by atoms with Gasteiger partial charge < -0.3 is 9.64 Å². The second kappa shape index (κ2) is 5.62. The van der Waals surface area contributed by atoms with Crippen LogP contribution < -0.4 is 0 Å². The van der Waals surface area contributed by atoms with Crippen molar-refractivity contribution in [2.24, 2.45) is 0 Å². The van der Waals surface area contributed by atoms with E-state index >= 15 is 0 Å². The third kappa shape index (κ3) is 2.94. The van der Waals surface area contributed by atoms with Crippen LogP contribution in [-0.4, -0.2) is 43.2 Å². The van der Waals surface area contributed by atoms with Gasteiger partial charge in [0.05, 0.1) is 11.6 Å². The predicted octanol–water partition coefficient (Wildman–Crippen LogP) is 2.17. The van der Waals surface area contributed by atoms with E-state index in [0.29, 0.717) is 5.92 Å². The number of rotatable bonds is 4. The van der Waals surface area contributed by atoms with E-state index < -0.39 is 0 Å². The molecule has 0 aliphatic carbocycles. The first kappa shape index (κ1) is 11.8. The van der Waals surface area contributed by atoms with E-state index in [0.717, 1.165) is 31.3 Å². The zero-order valence-corrected chi connectivity index (χ0v) is 10.3. The molecule has 0 amide bonds. The van der Waals surface area contributed by atoms with Gasteiger partial charge in [0.1, 0.15) is 0 Å². The molecule has 0 saturated carbocycles. The number of aromatic nitrogens is 1. The number of hydrogen-bond acceptors (Lipinski definition) is 3. The molecule has 1 aromatic rings. The third-order valence-corrected chi connectivity index (χ3v) is 3.29. The summed E-state index contributed by atoms with van der Waals surface area (Å²) >= 11 is 5.95. The Bertz CT molecular complexity index is 346. The molecule has 1 fully saturated rings. The van der Waals surface area contributed by atoms with E-state index in [4.69, 9.17) is 16.3 Å². The van der Waals surface area contributed by atoms with Crippen LogP contribution in [0.3, 0.4) is 0 Å². The molecule has 16 heavy (non-hydrogen) atoms. The van der Waals surface area contributed by atoms with Crippen LogP contribution in [0.4, 0.5) is 0 Å². The molecule has 0 spiro atoms. The lowest BCUT2D eigenvalue weighted by Gasteiger charge is -2.15. The van der Waals surface area contributed by atoms with E-state index in [2.05, 4.69) is 9.88 Å². The minimum Gasteiger partial charge on any atom is -0.383 e.